The molecule has 0 saturated carbocycles. The first-order valence-corrected chi connectivity index (χ1v) is 22.8. The third-order valence-electron chi connectivity index (χ3n) is 9.99. The van der Waals surface area contributed by atoms with Crippen LogP contribution >= 0.6 is 0 Å². The van der Waals surface area contributed by atoms with Gasteiger partial charge in [-0.3, -0.25) is 7.32 Å². The van der Waals surface area contributed by atoms with Crippen molar-refractivity contribution in [2.24, 2.45) is 21.1 Å². The zero-order chi connectivity index (χ0) is 46.2. The lowest BCUT2D eigenvalue weighted by Crippen LogP contribution is -2.56. The van der Waals surface area contributed by atoms with Gasteiger partial charge in [-0.25, -0.2) is 28.7 Å². The Bertz CT molecular complexity index is 1520. The maximum absolute atomic E-state index is 8.67. The number of para-hydroxylation sites is 4. The summed E-state index contributed by atoms with van der Waals surface area (Å²) in [5.41, 5.74) is 0. The zero-order valence-corrected chi connectivity index (χ0v) is 38.9. The molecule has 0 spiro atoms. The van der Waals surface area contributed by atoms with E-state index in [1.807, 2.05) is 18.6 Å². The van der Waals surface area contributed by atoms with Crippen LogP contribution in [0.1, 0.15) is 154 Å². The molecule has 62 heavy (non-hydrogen) atoms. The summed E-state index contributed by atoms with van der Waals surface area (Å²) in [5, 5.41) is 59.9. The summed E-state index contributed by atoms with van der Waals surface area (Å²) in [6.07, 6.45) is 40.5. The number of nitrogens with zero attached hydrogens (tertiary/aromatic N) is 3. The van der Waals surface area contributed by atoms with Gasteiger partial charge in [-0.15, -0.1) is 0 Å². The minimum absolute atomic E-state index is 0.0764. The second kappa shape index (κ2) is 39.1. The zero-order valence-electron chi connectivity index (χ0n) is 38.9. The second-order valence-electron chi connectivity index (χ2n) is 15.4. The van der Waals surface area contributed by atoms with Crippen molar-refractivity contribution in [2.75, 3.05) is 0 Å². The van der Waals surface area contributed by atoms with Crippen LogP contribution < -0.4 is 28.8 Å². The molecule has 0 atom stereocenters. The third-order valence-corrected chi connectivity index (χ3v) is 9.99. The van der Waals surface area contributed by atoms with E-state index in [-0.39, 0.29) is 23.0 Å². The number of imidazole rings is 3. The molecule has 5 rings (SSSR count). The van der Waals surface area contributed by atoms with Gasteiger partial charge in [0.15, 0.2) is 23.0 Å². The van der Waals surface area contributed by atoms with Crippen LogP contribution in [0.25, 0.3) is 0 Å². The van der Waals surface area contributed by atoms with E-state index in [9.17, 15) is 0 Å². The van der Waals surface area contributed by atoms with Crippen LogP contribution in [0.15, 0.2) is 85.7 Å². The first-order chi connectivity index (χ1) is 29.9. The smallest absolute Gasteiger partial charge is 0.253 e. The Morgan fingerprint density at radius 3 is 0.790 bits per heavy atom. The van der Waals surface area contributed by atoms with Crippen LogP contribution in [0.2, 0.25) is 0 Å². The molecular weight excluding hydrogens is 783 g/mol. The Hall–Kier alpha value is -4.79. The van der Waals surface area contributed by atoms with Gasteiger partial charge in [0.25, 0.3) is 17.5 Å². The topological polar surface area (TPSA) is 209 Å². The van der Waals surface area contributed by atoms with Crippen molar-refractivity contribution in [3.05, 3.63) is 103 Å². The number of aromatic nitrogens is 6. The maximum atomic E-state index is 8.67. The predicted octanol–water partition coefficient (Wildman–Crippen LogP) is 6.47. The highest BCUT2D eigenvalue weighted by Gasteiger charge is 2.07. The van der Waals surface area contributed by atoms with Crippen molar-refractivity contribution in [1.82, 2.24) is 15.0 Å². The average molecular weight is 865 g/mol. The summed E-state index contributed by atoms with van der Waals surface area (Å²) in [7, 11) is 3.38. The number of rotatable bonds is 21. The van der Waals surface area contributed by atoms with Gasteiger partial charge < -0.3 is 35.5 Å². The lowest BCUT2D eigenvalue weighted by atomic mass is 10.1. The molecule has 13 nitrogen and oxygen atoms in total. The van der Waals surface area contributed by atoms with Gasteiger partial charge in [0.1, 0.15) is 37.2 Å². The van der Waals surface area contributed by atoms with Crippen molar-refractivity contribution in [3.63, 3.8) is 0 Å². The lowest BCUT2D eigenvalue weighted by Gasteiger charge is -2.35. The first kappa shape index (κ1) is 57.2. The Balaban J connectivity index is 0.000000746. The number of hydrogen-bond acceptors (Lipinski definition) is 7. The molecule has 348 valence electrons. The van der Waals surface area contributed by atoms with E-state index in [4.69, 9.17) is 35.5 Å². The maximum Gasteiger partial charge on any atom is 0.253 e. The third kappa shape index (κ3) is 32.0. The van der Waals surface area contributed by atoms with Gasteiger partial charge in [-0.1, -0.05) is 141 Å². The van der Waals surface area contributed by atoms with Gasteiger partial charge >= 0.3 is 0 Å². The molecule has 0 fully saturated rings. The highest BCUT2D eigenvalue weighted by Crippen LogP contribution is 2.22. The van der Waals surface area contributed by atoms with Crippen LogP contribution in [0.5, 0.6) is 23.0 Å². The monoisotopic (exact) mass is 865 g/mol. The largest absolute Gasteiger partial charge is 0.907 e. The summed E-state index contributed by atoms with van der Waals surface area (Å²) < 4.78 is 6.52. The van der Waals surface area contributed by atoms with Gasteiger partial charge in [0.2, 0.25) is 0 Å². The first-order valence-electron chi connectivity index (χ1n) is 22.8. The molecule has 0 aliphatic carbocycles. The summed E-state index contributed by atoms with van der Waals surface area (Å²) in [4.78, 5) is 9.81. The van der Waals surface area contributed by atoms with Crippen molar-refractivity contribution in [1.29, 1.82) is 0 Å². The quantitative estimate of drug-likeness (QED) is 0.0189. The van der Waals surface area contributed by atoms with E-state index in [1.54, 1.807) is 24.3 Å². The van der Waals surface area contributed by atoms with Crippen LogP contribution in [0.3, 0.4) is 0 Å². The predicted molar refractivity (Wildman–Crippen MR) is 242 cm³/mol. The van der Waals surface area contributed by atoms with E-state index >= 15 is 0 Å². The van der Waals surface area contributed by atoms with Crippen LogP contribution in [0.4, 0.5) is 0 Å². The number of phenols is 4. The molecule has 14 heteroatoms. The van der Waals surface area contributed by atoms with Crippen molar-refractivity contribution in [3.8, 4) is 23.0 Å². The number of benzene rings is 2. The standard InChI is InChI=1S/3C12H22N2.2C6H6O2.BO3/c3*1-3-4-5-6-7-8-9-12-13-10-11-14(12)2;2*7-5-3-1-2-4-6(5)8;2-1(3)4/h3*10-11H,3-9H2,1-2H3;2*1-4,7-8H;/q;;;;;-3/p+3. The van der Waals surface area contributed by atoms with E-state index in [0.717, 1.165) is 0 Å². The molecule has 3 heterocycles. The van der Waals surface area contributed by atoms with Crippen molar-refractivity contribution < 1.29 is 49.2 Å². The summed E-state index contributed by atoms with van der Waals surface area (Å²) in [6, 6.07) is 12.3. The van der Waals surface area contributed by atoms with Crippen molar-refractivity contribution >= 4 is 7.32 Å². The van der Waals surface area contributed by atoms with E-state index in [1.165, 1.54) is 177 Å². The Labute approximate surface area is 373 Å². The molecule has 5 aromatic rings. The number of phenolic OH excluding ortho intramolecular Hbond substituents is 4. The van der Waals surface area contributed by atoms with Gasteiger partial charge in [0, 0.05) is 19.3 Å². The van der Waals surface area contributed by atoms with E-state index in [2.05, 4.69) is 89.2 Å². The molecule has 7 N–H and O–H groups in total. The molecular formula is C48H81BN6O7. The van der Waals surface area contributed by atoms with E-state index in [0.29, 0.717) is 0 Å². The molecule has 3 aromatic heterocycles. The Morgan fingerprint density at radius 1 is 0.403 bits per heavy atom. The Morgan fingerprint density at radius 2 is 0.613 bits per heavy atom. The number of hydrogen-bond donors (Lipinski definition) is 7. The number of unbranched alkanes of at least 4 members (excludes halogenated alkanes) is 15. The van der Waals surface area contributed by atoms with Gasteiger partial charge in [-0.05, 0) is 43.5 Å². The highest BCUT2D eigenvalue weighted by atomic mass is 16.5. The highest BCUT2D eigenvalue weighted by molar-refractivity contribution is 6.24. The Kier molecular flexibility index (Phi) is 36.1. The minimum atomic E-state index is -2.92. The second-order valence-corrected chi connectivity index (χ2v) is 15.4. The van der Waals surface area contributed by atoms with Crippen LogP contribution in [-0.2, 0) is 40.4 Å². The molecule has 0 amide bonds. The molecule has 2 aromatic carbocycles. The van der Waals surface area contributed by atoms with E-state index < -0.39 is 7.32 Å². The number of aromatic hydroxyl groups is 4. The molecule has 0 radical (unpaired) electrons. The lowest BCUT2D eigenvalue weighted by molar-refractivity contribution is -0.678. The SMILES string of the molecule is CCCCCCCCc1[nH]cc[n+]1C.CCCCCCCCc1[nH]cc[n+]1C.CCCCCCCCc1[nH]cc[n+]1C.Oc1ccccc1O.Oc1ccccc1O.[O-]B([O-])[O-]. The summed E-state index contributed by atoms with van der Waals surface area (Å²) in [5.74, 6) is 3.74. The average Bonchev–Trinajstić information content (AvgIpc) is 3.99. The number of aryl methyl sites for hydroxylation is 6. The van der Waals surface area contributed by atoms with Crippen LogP contribution in [0, 0.1) is 0 Å². The molecule has 0 bridgehead atoms. The molecule has 0 saturated heterocycles. The molecule has 0 aliphatic heterocycles. The fourth-order valence-corrected chi connectivity index (χ4v) is 6.20. The van der Waals surface area contributed by atoms with Crippen molar-refractivity contribution in [2.45, 2.75) is 156 Å². The molecule has 0 aliphatic rings. The van der Waals surface area contributed by atoms with Gasteiger partial charge in [0.05, 0.1) is 21.1 Å². The number of H-pyrrole nitrogens is 3. The summed E-state index contributed by atoms with van der Waals surface area (Å²) >= 11 is 0. The van der Waals surface area contributed by atoms with Crippen LogP contribution in [-0.4, -0.2) is 42.7 Å². The number of nitrogens with one attached hydrogen (secondary N) is 3. The number of aromatic amines is 3. The fourth-order valence-electron chi connectivity index (χ4n) is 6.20. The fraction of sp³-hybridized carbons (Fsp3) is 0.562. The normalized spacial score (nSPS) is 10.0. The van der Waals surface area contributed by atoms with Gasteiger partial charge in [-0.2, -0.15) is 0 Å². The minimum Gasteiger partial charge on any atom is -0.907 e. The molecule has 0 unspecified atom stereocenters. The summed E-state index contributed by atoms with van der Waals surface area (Å²) in [6.45, 7) is 6.79.